The van der Waals surface area contributed by atoms with Gasteiger partial charge in [0.25, 0.3) is 5.91 Å². The van der Waals surface area contributed by atoms with Gasteiger partial charge >= 0.3 is 5.97 Å². The van der Waals surface area contributed by atoms with Crippen molar-refractivity contribution in [3.8, 4) is 5.75 Å². The second kappa shape index (κ2) is 9.22. The van der Waals surface area contributed by atoms with Crippen molar-refractivity contribution >= 4 is 17.8 Å². The molecule has 1 aromatic carbocycles. The summed E-state index contributed by atoms with van der Waals surface area (Å²) in [5, 5.41) is 14.3. The van der Waals surface area contributed by atoms with Crippen molar-refractivity contribution in [2.75, 3.05) is 13.2 Å². The number of carbonyl (C=O) groups excluding carboxylic acids is 2. The van der Waals surface area contributed by atoms with Crippen LogP contribution in [0.2, 0.25) is 0 Å². The lowest BCUT2D eigenvalue weighted by Gasteiger charge is -2.22. The van der Waals surface area contributed by atoms with Crippen molar-refractivity contribution in [3.05, 3.63) is 28.8 Å². The van der Waals surface area contributed by atoms with Gasteiger partial charge in [-0.25, -0.2) is 4.79 Å². The molecule has 0 radical (unpaired) electrons. The minimum absolute atomic E-state index is 0.0648. The summed E-state index contributed by atoms with van der Waals surface area (Å²) in [6.07, 6.45) is 5.47. The topological polar surface area (TPSA) is 105 Å². The Morgan fingerprint density at radius 2 is 1.73 bits per heavy atom. The van der Waals surface area contributed by atoms with Crippen molar-refractivity contribution in [1.29, 1.82) is 0 Å². The highest BCUT2D eigenvalue weighted by Crippen LogP contribution is 2.24. The third-order valence-corrected chi connectivity index (χ3v) is 4.44. The van der Waals surface area contributed by atoms with E-state index in [2.05, 4.69) is 10.6 Å². The zero-order valence-corrected chi connectivity index (χ0v) is 15.3. The molecule has 0 aromatic heterocycles. The Hall–Kier alpha value is -2.57. The number of nitrogens with one attached hydrogen (secondary N) is 2. The molecule has 7 nitrogen and oxygen atoms in total. The maximum atomic E-state index is 12.3. The molecule has 142 valence electrons. The summed E-state index contributed by atoms with van der Waals surface area (Å²) in [7, 11) is 0. The molecule has 0 heterocycles. The minimum atomic E-state index is -1.06. The molecule has 1 aromatic rings. The Morgan fingerprint density at radius 1 is 1.12 bits per heavy atom. The summed E-state index contributed by atoms with van der Waals surface area (Å²) in [6.45, 7) is 2.99. The van der Waals surface area contributed by atoms with Crippen LogP contribution in [0.25, 0.3) is 0 Å². The van der Waals surface area contributed by atoms with Crippen LogP contribution in [0.3, 0.4) is 0 Å². The number of carbonyl (C=O) groups is 3. The van der Waals surface area contributed by atoms with E-state index in [9.17, 15) is 14.4 Å². The molecule has 26 heavy (non-hydrogen) atoms. The largest absolute Gasteiger partial charge is 0.481 e. The van der Waals surface area contributed by atoms with Crippen molar-refractivity contribution in [1.82, 2.24) is 10.6 Å². The number of benzene rings is 1. The number of hydrogen-bond acceptors (Lipinski definition) is 4. The van der Waals surface area contributed by atoms with Crippen molar-refractivity contribution in [2.24, 2.45) is 0 Å². The van der Waals surface area contributed by atoms with Crippen LogP contribution >= 0.6 is 0 Å². The number of carboxylic acid groups (broad SMARTS) is 1. The first-order chi connectivity index (χ1) is 12.4. The molecule has 7 heteroatoms. The van der Waals surface area contributed by atoms with Crippen molar-refractivity contribution < 1.29 is 24.2 Å². The SMILES string of the molecule is Cc1cc(C(=O)NCC(=O)NC2CCCCC2)cc(C)c1OCC(=O)O. The molecular weight excluding hydrogens is 336 g/mol. The van der Waals surface area contributed by atoms with Gasteiger partial charge in [0.15, 0.2) is 6.61 Å². The molecule has 3 N–H and O–H groups in total. The third kappa shape index (κ3) is 5.75. The molecule has 1 fully saturated rings. The van der Waals surface area contributed by atoms with Crippen LogP contribution in [0.4, 0.5) is 0 Å². The first-order valence-corrected chi connectivity index (χ1v) is 8.90. The smallest absolute Gasteiger partial charge is 0.341 e. The average molecular weight is 362 g/mol. The number of aryl methyl sites for hydroxylation is 2. The monoisotopic (exact) mass is 362 g/mol. The van der Waals surface area contributed by atoms with Gasteiger partial charge in [0.1, 0.15) is 5.75 Å². The predicted octanol–water partition coefficient (Wildman–Crippen LogP) is 1.95. The fraction of sp³-hybridized carbons (Fsp3) is 0.526. The van der Waals surface area contributed by atoms with E-state index in [1.54, 1.807) is 26.0 Å². The van der Waals surface area contributed by atoms with E-state index in [0.29, 0.717) is 22.4 Å². The standard InChI is InChI=1S/C19H26N2O5/c1-12-8-14(9-13(2)18(12)26-11-17(23)24)19(25)20-10-16(22)21-15-6-4-3-5-7-15/h8-9,15H,3-7,10-11H2,1-2H3,(H,20,25)(H,21,22)(H,23,24). The summed E-state index contributed by atoms with van der Waals surface area (Å²) in [5.41, 5.74) is 1.75. The van der Waals surface area contributed by atoms with Crippen molar-refractivity contribution in [3.63, 3.8) is 0 Å². The van der Waals surface area contributed by atoms with Crippen LogP contribution in [0.5, 0.6) is 5.75 Å². The minimum Gasteiger partial charge on any atom is -0.481 e. The highest BCUT2D eigenvalue weighted by Gasteiger charge is 2.17. The number of carboxylic acids is 1. The first kappa shape index (κ1) is 19.8. The molecule has 2 amide bonds. The Bertz CT molecular complexity index is 658. The van der Waals surface area contributed by atoms with Crippen LogP contribution in [0.15, 0.2) is 12.1 Å². The summed E-state index contributed by atoms with van der Waals surface area (Å²) in [6, 6.07) is 3.46. The van der Waals surface area contributed by atoms with E-state index < -0.39 is 12.6 Å². The number of rotatable bonds is 7. The Balaban J connectivity index is 1.90. The molecule has 1 aliphatic rings. The lowest BCUT2D eigenvalue weighted by atomic mass is 9.95. The fourth-order valence-corrected chi connectivity index (χ4v) is 3.23. The van der Waals surface area contributed by atoms with Gasteiger partial charge in [-0.15, -0.1) is 0 Å². The van der Waals surface area contributed by atoms with E-state index in [0.717, 1.165) is 25.7 Å². The van der Waals surface area contributed by atoms with Gasteiger partial charge in [-0.3, -0.25) is 9.59 Å². The van der Waals surface area contributed by atoms with E-state index in [-0.39, 0.29) is 24.4 Å². The van der Waals surface area contributed by atoms with E-state index in [1.807, 2.05) is 0 Å². The quantitative estimate of drug-likeness (QED) is 0.688. The van der Waals surface area contributed by atoms with Crippen LogP contribution in [-0.4, -0.2) is 42.1 Å². The highest BCUT2D eigenvalue weighted by atomic mass is 16.5. The summed E-state index contributed by atoms with van der Waals surface area (Å²) >= 11 is 0. The first-order valence-electron chi connectivity index (χ1n) is 8.90. The second-order valence-corrected chi connectivity index (χ2v) is 6.71. The summed E-state index contributed by atoms with van der Waals surface area (Å²) < 4.78 is 5.25. The lowest BCUT2D eigenvalue weighted by Crippen LogP contribution is -2.42. The Labute approximate surface area is 153 Å². The number of aliphatic carboxylic acids is 1. The maximum absolute atomic E-state index is 12.3. The predicted molar refractivity (Wildman–Crippen MR) is 96.4 cm³/mol. The molecule has 0 aliphatic heterocycles. The average Bonchev–Trinajstić information content (AvgIpc) is 2.59. The van der Waals surface area contributed by atoms with Gasteiger partial charge in [0.2, 0.25) is 5.91 Å². The van der Waals surface area contributed by atoms with Gasteiger partial charge in [0, 0.05) is 11.6 Å². The van der Waals surface area contributed by atoms with Gasteiger partial charge in [0.05, 0.1) is 6.54 Å². The highest BCUT2D eigenvalue weighted by molar-refractivity contribution is 5.97. The van der Waals surface area contributed by atoms with Gasteiger partial charge in [-0.1, -0.05) is 19.3 Å². The molecule has 1 aliphatic carbocycles. The van der Waals surface area contributed by atoms with E-state index >= 15 is 0 Å². The number of ether oxygens (including phenoxy) is 1. The van der Waals surface area contributed by atoms with Crippen LogP contribution < -0.4 is 15.4 Å². The molecule has 0 spiro atoms. The van der Waals surface area contributed by atoms with Crippen molar-refractivity contribution in [2.45, 2.75) is 52.0 Å². The molecule has 1 saturated carbocycles. The molecule has 0 bridgehead atoms. The van der Waals surface area contributed by atoms with Gasteiger partial charge < -0.3 is 20.5 Å². The lowest BCUT2D eigenvalue weighted by molar-refractivity contribution is -0.139. The third-order valence-electron chi connectivity index (χ3n) is 4.44. The molecular formula is C19H26N2O5. The number of hydrogen-bond donors (Lipinski definition) is 3. The van der Waals surface area contributed by atoms with Gasteiger partial charge in [-0.2, -0.15) is 0 Å². The Morgan fingerprint density at radius 3 is 2.31 bits per heavy atom. The van der Waals surface area contributed by atoms with Crippen LogP contribution in [0.1, 0.15) is 53.6 Å². The van der Waals surface area contributed by atoms with E-state index in [1.165, 1.54) is 6.42 Å². The molecule has 0 unspecified atom stereocenters. The Kier molecular flexibility index (Phi) is 7.00. The maximum Gasteiger partial charge on any atom is 0.341 e. The van der Waals surface area contributed by atoms with E-state index in [4.69, 9.17) is 9.84 Å². The van der Waals surface area contributed by atoms with Crippen LogP contribution in [-0.2, 0) is 9.59 Å². The second-order valence-electron chi connectivity index (χ2n) is 6.71. The molecule has 0 saturated heterocycles. The summed E-state index contributed by atoms with van der Waals surface area (Å²) in [4.78, 5) is 34.9. The molecule has 0 atom stereocenters. The normalized spacial score (nSPS) is 14.5. The fourth-order valence-electron chi connectivity index (χ4n) is 3.23. The van der Waals surface area contributed by atoms with Crippen LogP contribution in [0, 0.1) is 13.8 Å². The van der Waals surface area contributed by atoms with Gasteiger partial charge in [-0.05, 0) is 49.9 Å². The zero-order chi connectivity index (χ0) is 19.1. The number of amides is 2. The molecule has 2 rings (SSSR count). The summed E-state index contributed by atoms with van der Waals surface area (Å²) in [5.74, 6) is -1.13. The zero-order valence-electron chi connectivity index (χ0n) is 15.3.